The van der Waals surface area contributed by atoms with Gasteiger partial charge in [0.25, 0.3) is 0 Å². The van der Waals surface area contributed by atoms with Gasteiger partial charge in [0.2, 0.25) is 0 Å². The normalized spacial score (nSPS) is 10.7. The molecular formula is C13H17FN4O. The van der Waals surface area contributed by atoms with Gasteiger partial charge >= 0.3 is 0 Å². The smallest absolute Gasteiger partial charge is 0.133 e. The van der Waals surface area contributed by atoms with E-state index in [1.165, 1.54) is 13.2 Å². The third kappa shape index (κ3) is 3.51. The molecule has 0 fully saturated rings. The van der Waals surface area contributed by atoms with Crippen molar-refractivity contribution in [2.45, 2.75) is 13.0 Å². The Bertz CT molecular complexity index is 541. The molecule has 1 heterocycles. The van der Waals surface area contributed by atoms with Gasteiger partial charge in [0.05, 0.1) is 7.11 Å². The largest absolute Gasteiger partial charge is 0.497 e. The average molecular weight is 264 g/mol. The van der Waals surface area contributed by atoms with Gasteiger partial charge in [0.1, 0.15) is 23.7 Å². The van der Waals surface area contributed by atoms with E-state index in [0.29, 0.717) is 17.9 Å². The monoisotopic (exact) mass is 264 g/mol. The van der Waals surface area contributed by atoms with Gasteiger partial charge in [-0.3, -0.25) is 0 Å². The average Bonchev–Trinajstić information content (AvgIpc) is 2.81. The molecule has 0 radical (unpaired) electrons. The maximum absolute atomic E-state index is 13.7. The first-order valence-electron chi connectivity index (χ1n) is 6.06. The molecule has 0 aliphatic rings. The van der Waals surface area contributed by atoms with Crippen LogP contribution in [0, 0.1) is 5.82 Å². The van der Waals surface area contributed by atoms with Crippen LogP contribution in [0.3, 0.4) is 0 Å². The number of methoxy groups -OCH3 is 1. The van der Waals surface area contributed by atoms with Crippen LogP contribution in [-0.2, 0) is 20.0 Å². The number of hydrogen-bond acceptors (Lipinski definition) is 4. The number of ether oxygens (including phenoxy) is 1. The van der Waals surface area contributed by atoms with Crippen LogP contribution in [0.25, 0.3) is 0 Å². The highest BCUT2D eigenvalue weighted by atomic mass is 19.1. The van der Waals surface area contributed by atoms with E-state index >= 15 is 0 Å². The fraction of sp³-hybridized carbons (Fsp3) is 0.385. The van der Waals surface area contributed by atoms with Crippen molar-refractivity contribution in [3.63, 3.8) is 0 Å². The third-order valence-corrected chi connectivity index (χ3v) is 2.91. The van der Waals surface area contributed by atoms with E-state index < -0.39 is 0 Å². The van der Waals surface area contributed by atoms with Crippen LogP contribution in [0.15, 0.2) is 24.5 Å². The van der Waals surface area contributed by atoms with Crippen LogP contribution in [-0.4, -0.2) is 28.4 Å². The maximum atomic E-state index is 13.7. The minimum atomic E-state index is -0.259. The first-order valence-corrected chi connectivity index (χ1v) is 6.06. The molecular weight excluding hydrogens is 247 g/mol. The molecule has 6 heteroatoms. The van der Waals surface area contributed by atoms with Gasteiger partial charge in [0.15, 0.2) is 0 Å². The van der Waals surface area contributed by atoms with E-state index in [1.54, 1.807) is 18.5 Å². The number of nitrogens with zero attached hydrogens (tertiary/aromatic N) is 3. The molecule has 0 saturated carbocycles. The van der Waals surface area contributed by atoms with E-state index in [4.69, 9.17) is 4.74 Å². The number of aromatic nitrogens is 3. The second-order valence-electron chi connectivity index (χ2n) is 4.24. The lowest BCUT2D eigenvalue weighted by atomic mass is 10.2. The molecule has 19 heavy (non-hydrogen) atoms. The summed E-state index contributed by atoms with van der Waals surface area (Å²) in [5.74, 6) is 1.17. The van der Waals surface area contributed by atoms with Gasteiger partial charge in [-0.15, -0.1) is 10.2 Å². The Hall–Kier alpha value is -1.95. The Balaban J connectivity index is 1.81. The van der Waals surface area contributed by atoms with Crippen molar-refractivity contribution in [2.24, 2.45) is 7.05 Å². The third-order valence-electron chi connectivity index (χ3n) is 2.91. The Labute approximate surface area is 111 Å². The molecule has 0 unspecified atom stereocenters. The molecule has 1 aromatic heterocycles. The summed E-state index contributed by atoms with van der Waals surface area (Å²) in [7, 11) is 3.42. The predicted octanol–water partition coefficient (Wildman–Crippen LogP) is 1.30. The van der Waals surface area contributed by atoms with Gasteiger partial charge in [-0.1, -0.05) is 6.07 Å². The van der Waals surface area contributed by atoms with Crippen LogP contribution < -0.4 is 10.1 Å². The maximum Gasteiger partial charge on any atom is 0.133 e. The topological polar surface area (TPSA) is 52.0 Å². The molecule has 1 N–H and O–H groups in total. The summed E-state index contributed by atoms with van der Waals surface area (Å²) in [6.07, 6.45) is 2.42. The second kappa shape index (κ2) is 6.29. The Kier molecular flexibility index (Phi) is 4.46. The van der Waals surface area contributed by atoms with Crippen LogP contribution in [0.1, 0.15) is 11.4 Å². The van der Waals surface area contributed by atoms with Gasteiger partial charge in [0, 0.05) is 38.2 Å². The zero-order valence-corrected chi connectivity index (χ0v) is 11.1. The summed E-state index contributed by atoms with van der Waals surface area (Å²) in [5, 5.41) is 11.0. The lowest BCUT2D eigenvalue weighted by Gasteiger charge is -2.07. The van der Waals surface area contributed by atoms with Crippen LogP contribution in [0.4, 0.5) is 4.39 Å². The summed E-state index contributed by atoms with van der Waals surface area (Å²) in [4.78, 5) is 0. The van der Waals surface area contributed by atoms with Crippen molar-refractivity contribution >= 4 is 0 Å². The highest BCUT2D eigenvalue weighted by Crippen LogP contribution is 2.15. The molecule has 0 atom stereocenters. The van der Waals surface area contributed by atoms with Crippen molar-refractivity contribution in [3.05, 3.63) is 41.7 Å². The zero-order valence-electron chi connectivity index (χ0n) is 11.1. The van der Waals surface area contributed by atoms with Gasteiger partial charge in [-0.05, 0) is 6.07 Å². The molecule has 0 aliphatic heterocycles. The lowest BCUT2D eigenvalue weighted by Crippen LogP contribution is -2.18. The number of rotatable bonds is 6. The minimum absolute atomic E-state index is 0.259. The van der Waals surface area contributed by atoms with Crippen LogP contribution in [0.2, 0.25) is 0 Å². The first-order chi connectivity index (χ1) is 9.20. The van der Waals surface area contributed by atoms with Crippen molar-refractivity contribution in [3.8, 4) is 5.75 Å². The van der Waals surface area contributed by atoms with Gasteiger partial charge in [-0.25, -0.2) is 4.39 Å². The van der Waals surface area contributed by atoms with E-state index in [2.05, 4.69) is 15.5 Å². The van der Waals surface area contributed by atoms with Crippen LogP contribution in [0.5, 0.6) is 5.75 Å². The zero-order chi connectivity index (χ0) is 13.7. The van der Waals surface area contributed by atoms with Crippen molar-refractivity contribution in [1.82, 2.24) is 20.1 Å². The molecule has 2 rings (SSSR count). The molecule has 0 bridgehead atoms. The number of benzene rings is 1. The molecule has 0 spiro atoms. The highest BCUT2D eigenvalue weighted by molar-refractivity contribution is 5.28. The number of hydrogen-bond donors (Lipinski definition) is 1. The quantitative estimate of drug-likeness (QED) is 0.799. The minimum Gasteiger partial charge on any atom is -0.497 e. The highest BCUT2D eigenvalue weighted by Gasteiger charge is 2.04. The molecule has 2 aromatic rings. The van der Waals surface area contributed by atoms with Crippen molar-refractivity contribution in [1.29, 1.82) is 0 Å². The Morgan fingerprint density at radius 2 is 2.26 bits per heavy atom. The van der Waals surface area contributed by atoms with Crippen molar-refractivity contribution in [2.75, 3.05) is 13.7 Å². The number of halogens is 1. The standard InChI is InChI=1S/C13H17FN4O/c1-18-9-16-17-13(18)5-6-15-8-10-3-4-11(19-2)7-12(10)14/h3-4,7,9,15H,5-6,8H2,1-2H3. The number of aryl methyl sites for hydroxylation is 1. The van der Waals surface area contributed by atoms with Gasteiger partial charge < -0.3 is 14.6 Å². The molecule has 102 valence electrons. The summed E-state index contributed by atoms with van der Waals surface area (Å²) in [6, 6.07) is 4.87. The van der Waals surface area contributed by atoms with Crippen LogP contribution >= 0.6 is 0 Å². The number of nitrogens with one attached hydrogen (secondary N) is 1. The fourth-order valence-corrected chi connectivity index (χ4v) is 1.76. The van der Waals surface area contributed by atoms with E-state index in [9.17, 15) is 4.39 Å². The second-order valence-corrected chi connectivity index (χ2v) is 4.24. The van der Waals surface area contributed by atoms with E-state index in [0.717, 1.165) is 18.8 Å². The summed E-state index contributed by atoms with van der Waals surface area (Å²) >= 11 is 0. The molecule has 0 amide bonds. The molecule has 0 aliphatic carbocycles. The summed E-state index contributed by atoms with van der Waals surface area (Å²) < 4.78 is 20.5. The van der Waals surface area contributed by atoms with E-state index in [1.807, 2.05) is 11.6 Å². The Morgan fingerprint density at radius 3 is 2.89 bits per heavy atom. The fourth-order valence-electron chi connectivity index (χ4n) is 1.76. The van der Waals surface area contributed by atoms with E-state index in [-0.39, 0.29) is 5.82 Å². The SMILES string of the molecule is COc1ccc(CNCCc2nncn2C)c(F)c1. The predicted molar refractivity (Wildman–Crippen MR) is 69.4 cm³/mol. The Morgan fingerprint density at radius 1 is 1.42 bits per heavy atom. The van der Waals surface area contributed by atoms with Gasteiger partial charge in [-0.2, -0.15) is 0 Å². The molecule has 0 saturated heterocycles. The molecule has 1 aromatic carbocycles. The lowest BCUT2D eigenvalue weighted by molar-refractivity contribution is 0.410. The first kappa shape index (κ1) is 13.5. The summed E-state index contributed by atoms with van der Waals surface area (Å²) in [6.45, 7) is 1.20. The van der Waals surface area contributed by atoms with Crippen molar-refractivity contribution < 1.29 is 9.13 Å². The molecule has 5 nitrogen and oxygen atoms in total. The summed E-state index contributed by atoms with van der Waals surface area (Å²) in [5.41, 5.74) is 0.624.